The Kier molecular flexibility index (Phi) is 9.48. The van der Waals surface area contributed by atoms with Crippen molar-refractivity contribution in [3.05, 3.63) is 12.2 Å². The van der Waals surface area contributed by atoms with Crippen LogP contribution < -0.4 is 0 Å². The van der Waals surface area contributed by atoms with E-state index >= 15 is 0 Å². The zero-order chi connectivity index (χ0) is 13.8. The molecule has 1 rings (SSSR count). The molecular weight excluding hydrogens is 236 g/mol. The van der Waals surface area contributed by atoms with E-state index in [2.05, 4.69) is 6.92 Å². The molecule has 0 saturated carbocycles. The molecule has 1 aliphatic heterocycles. The lowest BCUT2D eigenvalue weighted by Gasteiger charge is -2.07. The van der Waals surface area contributed by atoms with Crippen LogP contribution in [0, 0.1) is 0 Å². The summed E-state index contributed by atoms with van der Waals surface area (Å²) >= 11 is 0. The molecule has 1 atom stereocenters. The summed E-state index contributed by atoms with van der Waals surface area (Å²) in [7, 11) is 0. The van der Waals surface area contributed by atoms with Crippen LogP contribution in [0.5, 0.6) is 0 Å². The van der Waals surface area contributed by atoms with E-state index in [0.717, 1.165) is 6.42 Å². The second-order valence-corrected chi connectivity index (χ2v) is 5.66. The van der Waals surface area contributed by atoms with E-state index in [1.807, 2.05) is 6.08 Å². The highest BCUT2D eigenvalue weighted by Gasteiger charge is 2.15. The Morgan fingerprint density at radius 1 is 0.895 bits per heavy atom. The van der Waals surface area contributed by atoms with Crippen LogP contribution in [0.4, 0.5) is 0 Å². The number of hydrogen-bond acceptors (Lipinski definition) is 2. The molecule has 0 saturated heterocycles. The summed E-state index contributed by atoms with van der Waals surface area (Å²) in [6, 6.07) is 0. The van der Waals surface area contributed by atoms with Gasteiger partial charge < -0.3 is 4.74 Å². The van der Waals surface area contributed by atoms with E-state index in [9.17, 15) is 4.79 Å². The van der Waals surface area contributed by atoms with Crippen molar-refractivity contribution in [2.75, 3.05) is 0 Å². The van der Waals surface area contributed by atoms with Crippen molar-refractivity contribution in [2.24, 2.45) is 0 Å². The Balaban J connectivity index is 1.74. The predicted molar refractivity (Wildman–Crippen MR) is 80.1 cm³/mol. The second-order valence-electron chi connectivity index (χ2n) is 5.66. The molecule has 0 unspecified atom stereocenters. The first-order valence-electron chi connectivity index (χ1n) is 8.21. The van der Waals surface area contributed by atoms with E-state index in [1.165, 1.54) is 70.6 Å². The quantitative estimate of drug-likeness (QED) is 0.360. The van der Waals surface area contributed by atoms with Gasteiger partial charge in [-0.25, -0.2) is 4.79 Å². The maximum atomic E-state index is 10.8. The SMILES string of the molecule is CCCCCCCCCCCCC[C@@H]1C=CC(=O)O1. The van der Waals surface area contributed by atoms with Gasteiger partial charge in [-0.3, -0.25) is 0 Å². The highest BCUT2D eigenvalue weighted by Crippen LogP contribution is 2.15. The van der Waals surface area contributed by atoms with Gasteiger partial charge >= 0.3 is 5.97 Å². The van der Waals surface area contributed by atoms with Crippen molar-refractivity contribution in [1.82, 2.24) is 0 Å². The molecule has 1 heterocycles. The van der Waals surface area contributed by atoms with E-state index in [1.54, 1.807) is 6.08 Å². The maximum absolute atomic E-state index is 10.8. The minimum Gasteiger partial charge on any atom is -0.455 e. The molecule has 0 spiro atoms. The minimum atomic E-state index is -0.173. The second kappa shape index (κ2) is 11.1. The van der Waals surface area contributed by atoms with Gasteiger partial charge in [0.25, 0.3) is 0 Å². The smallest absolute Gasteiger partial charge is 0.331 e. The normalized spacial score (nSPS) is 17.9. The van der Waals surface area contributed by atoms with Gasteiger partial charge in [-0.1, -0.05) is 71.1 Å². The molecule has 0 N–H and O–H groups in total. The minimum absolute atomic E-state index is 0.0612. The summed E-state index contributed by atoms with van der Waals surface area (Å²) in [6.45, 7) is 2.27. The van der Waals surface area contributed by atoms with E-state index in [4.69, 9.17) is 4.74 Å². The van der Waals surface area contributed by atoms with Crippen LogP contribution in [0.1, 0.15) is 84.0 Å². The topological polar surface area (TPSA) is 26.3 Å². The Bertz CT molecular complexity index is 258. The summed E-state index contributed by atoms with van der Waals surface area (Å²) < 4.78 is 5.10. The molecule has 2 nitrogen and oxygen atoms in total. The molecule has 0 fully saturated rings. The largest absolute Gasteiger partial charge is 0.455 e. The fourth-order valence-corrected chi connectivity index (χ4v) is 2.58. The number of cyclic esters (lactones) is 1. The number of carbonyl (C=O) groups is 1. The molecule has 0 radical (unpaired) electrons. The molecule has 0 aliphatic carbocycles. The predicted octanol–water partition coefficient (Wildman–Crippen LogP) is 5.17. The Labute approximate surface area is 118 Å². The number of ether oxygens (including phenoxy) is 1. The van der Waals surface area contributed by atoms with Gasteiger partial charge in [0.2, 0.25) is 0 Å². The molecule has 0 aromatic rings. The lowest BCUT2D eigenvalue weighted by atomic mass is 10.0. The monoisotopic (exact) mass is 266 g/mol. The summed E-state index contributed by atoms with van der Waals surface area (Å²) in [6.07, 6.45) is 19.5. The fourth-order valence-electron chi connectivity index (χ4n) is 2.58. The Hall–Kier alpha value is -0.790. The Morgan fingerprint density at radius 3 is 1.89 bits per heavy atom. The summed E-state index contributed by atoms with van der Waals surface area (Å²) in [4.78, 5) is 10.8. The molecule has 19 heavy (non-hydrogen) atoms. The molecule has 2 heteroatoms. The number of rotatable bonds is 12. The van der Waals surface area contributed by atoms with Crippen LogP contribution in [0.3, 0.4) is 0 Å². The highest BCUT2D eigenvalue weighted by molar-refractivity contribution is 5.84. The van der Waals surface area contributed by atoms with Gasteiger partial charge in [0, 0.05) is 6.08 Å². The average molecular weight is 266 g/mol. The van der Waals surface area contributed by atoms with Crippen molar-refractivity contribution < 1.29 is 9.53 Å². The third-order valence-corrected chi connectivity index (χ3v) is 3.81. The van der Waals surface area contributed by atoms with E-state index in [0.29, 0.717) is 0 Å². The molecule has 110 valence electrons. The van der Waals surface area contributed by atoms with Crippen LogP contribution in [-0.4, -0.2) is 12.1 Å². The van der Waals surface area contributed by atoms with Gasteiger partial charge in [-0.15, -0.1) is 0 Å². The molecule has 0 aromatic heterocycles. The molecule has 1 aliphatic rings. The van der Waals surface area contributed by atoms with Crippen molar-refractivity contribution in [2.45, 2.75) is 90.1 Å². The van der Waals surface area contributed by atoms with Crippen LogP contribution in [0.25, 0.3) is 0 Å². The number of hydrogen-bond donors (Lipinski definition) is 0. The maximum Gasteiger partial charge on any atom is 0.331 e. The van der Waals surface area contributed by atoms with Crippen LogP contribution >= 0.6 is 0 Å². The first-order valence-corrected chi connectivity index (χ1v) is 8.21. The van der Waals surface area contributed by atoms with Gasteiger partial charge in [-0.05, 0) is 18.9 Å². The van der Waals surface area contributed by atoms with E-state index < -0.39 is 0 Å². The number of esters is 1. The van der Waals surface area contributed by atoms with Gasteiger partial charge in [0.15, 0.2) is 0 Å². The standard InChI is InChI=1S/C17H30O2/c1-2-3-4-5-6-7-8-9-10-11-12-13-16-14-15-17(18)19-16/h14-16H,2-13H2,1H3/t16-/m1/s1. The van der Waals surface area contributed by atoms with Crippen molar-refractivity contribution in [3.8, 4) is 0 Å². The molecule has 0 aromatic carbocycles. The highest BCUT2D eigenvalue weighted by atomic mass is 16.5. The molecule has 0 amide bonds. The van der Waals surface area contributed by atoms with Gasteiger partial charge in [-0.2, -0.15) is 0 Å². The lowest BCUT2D eigenvalue weighted by Crippen LogP contribution is -2.06. The summed E-state index contributed by atoms with van der Waals surface area (Å²) in [5.74, 6) is -0.173. The number of unbranched alkanes of at least 4 members (excludes halogenated alkanes) is 10. The van der Waals surface area contributed by atoms with Gasteiger partial charge in [0.05, 0.1) is 0 Å². The van der Waals surface area contributed by atoms with Crippen LogP contribution in [0.15, 0.2) is 12.2 Å². The van der Waals surface area contributed by atoms with Crippen LogP contribution in [-0.2, 0) is 9.53 Å². The third-order valence-electron chi connectivity index (χ3n) is 3.81. The summed E-state index contributed by atoms with van der Waals surface area (Å²) in [5.41, 5.74) is 0. The number of carbonyl (C=O) groups excluding carboxylic acids is 1. The zero-order valence-corrected chi connectivity index (χ0v) is 12.5. The van der Waals surface area contributed by atoms with E-state index in [-0.39, 0.29) is 12.1 Å². The van der Waals surface area contributed by atoms with Gasteiger partial charge in [0.1, 0.15) is 6.10 Å². The fraction of sp³-hybridized carbons (Fsp3) is 0.824. The first kappa shape index (κ1) is 16.3. The zero-order valence-electron chi connectivity index (χ0n) is 12.5. The van der Waals surface area contributed by atoms with Crippen molar-refractivity contribution in [3.63, 3.8) is 0 Å². The Morgan fingerprint density at radius 2 is 1.42 bits per heavy atom. The summed E-state index contributed by atoms with van der Waals surface area (Å²) in [5, 5.41) is 0. The third kappa shape index (κ3) is 8.85. The van der Waals surface area contributed by atoms with Crippen molar-refractivity contribution >= 4 is 5.97 Å². The molecular formula is C17H30O2. The average Bonchev–Trinajstić information content (AvgIpc) is 2.82. The first-order chi connectivity index (χ1) is 9.33. The molecule has 0 bridgehead atoms. The van der Waals surface area contributed by atoms with Crippen LogP contribution in [0.2, 0.25) is 0 Å². The lowest BCUT2D eigenvalue weighted by molar-refractivity contribution is -0.138. The van der Waals surface area contributed by atoms with Crippen molar-refractivity contribution in [1.29, 1.82) is 0 Å².